The van der Waals surface area contributed by atoms with Gasteiger partial charge in [0.2, 0.25) is 0 Å². The van der Waals surface area contributed by atoms with Crippen molar-refractivity contribution in [3.05, 3.63) is 63.3 Å². The van der Waals surface area contributed by atoms with Gasteiger partial charge in [-0.15, -0.1) is 0 Å². The van der Waals surface area contributed by atoms with E-state index in [4.69, 9.17) is 4.42 Å². The van der Waals surface area contributed by atoms with E-state index in [0.29, 0.717) is 48.9 Å². The van der Waals surface area contributed by atoms with Crippen LogP contribution < -0.4 is 16.6 Å². The molecule has 0 aliphatic heterocycles. The number of hydrogen-bond donors (Lipinski definition) is 2. The molecular formula is C21H24N6O3. The topological polar surface area (TPSA) is 111 Å². The molecule has 0 bridgehead atoms. The Kier molecular flexibility index (Phi) is 5.51. The average Bonchev–Trinajstić information content (AvgIpc) is 3.43. The Hall–Kier alpha value is -3.62. The van der Waals surface area contributed by atoms with Gasteiger partial charge in [0.25, 0.3) is 5.56 Å². The molecule has 0 aliphatic carbocycles. The number of H-pyrrole nitrogens is 1. The van der Waals surface area contributed by atoms with Gasteiger partial charge in [-0.1, -0.05) is 13.8 Å². The van der Waals surface area contributed by atoms with Crippen LogP contribution in [0, 0.1) is 0 Å². The molecule has 0 atom stereocenters. The van der Waals surface area contributed by atoms with Crippen LogP contribution in [0.2, 0.25) is 0 Å². The van der Waals surface area contributed by atoms with Crippen molar-refractivity contribution in [1.82, 2.24) is 24.1 Å². The fraction of sp³-hybridized carbons (Fsp3) is 0.333. The summed E-state index contributed by atoms with van der Waals surface area (Å²) in [6.45, 7) is 5.33. The van der Waals surface area contributed by atoms with Gasteiger partial charge in [-0.25, -0.2) is 14.8 Å². The molecule has 0 saturated carbocycles. The number of imidazole rings is 1. The van der Waals surface area contributed by atoms with Crippen LogP contribution in [0.4, 0.5) is 5.82 Å². The number of anilines is 1. The minimum atomic E-state index is -0.340. The van der Waals surface area contributed by atoms with Crippen LogP contribution >= 0.6 is 0 Å². The third kappa shape index (κ3) is 3.66. The first-order chi connectivity index (χ1) is 14.6. The fourth-order valence-electron chi connectivity index (χ4n) is 3.38. The Morgan fingerprint density at radius 1 is 1.10 bits per heavy atom. The Bertz CT molecular complexity index is 1250. The molecule has 0 radical (unpaired) electrons. The molecule has 2 N–H and O–H groups in total. The predicted molar refractivity (Wildman–Crippen MR) is 114 cm³/mol. The summed E-state index contributed by atoms with van der Waals surface area (Å²) in [4.78, 5) is 37.7. The van der Waals surface area contributed by atoms with E-state index in [0.717, 1.165) is 17.7 Å². The molecule has 0 unspecified atom stereocenters. The Labute approximate surface area is 172 Å². The molecule has 30 heavy (non-hydrogen) atoms. The SMILES string of the molecule is CCCn1c(=O)c2[nH]c(-c3ccc(NCc4ccco4)nc3)nc2n(CCC)c1=O. The van der Waals surface area contributed by atoms with Crippen LogP contribution in [0.25, 0.3) is 22.6 Å². The smallest absolute Gasteiger partial charge is 0.332 e. The molecule has 4 aromatic heterocycles. The van der Waals surface area contributed by atoms with Gasteiger partial charge in [0.15, 0.2) is 5.65 Å². The molecule has 0 fully saturated rings. The van der Waals surface area contributed by atoms with Gasteiger partial charge in [-0.05, 0) is 37.1 Å². The molecule has 0 saturated heterocycles. The fourth-order valence-corrected chi connectivity index (χ4v) is 3.38. The quantitative estimate of drug-likeness (QED) is 0.464. The normalized spacial score (nSPS) is 11.3. The van der Waals surface area contributed by atoms with Gasteiger partial charge in [-0.3, -0.25) is 13.9 Å². The molecule has 4 rings (SSSR count). The Morgan fingerprint density at radius 3 is 2.57 bits per heavy atom. The molecule has 0 aliphatic rings. The highest BCUT2D eigenvalue weighted by atomic mass is 16.3. The number of aryl methyl sites for hydroxylation is 1. The lowest BCUT2D eigenvalue weighted by molar-refractivity contribution is 0.518. The lowest BCUT2D eigenvalue weighted by atomic mass is 10.2. The lowest BCUT2D eigenvalue weighted by Gasteiger charge is -2.09. The number of rotatable bonds is 8. The maximum absolute atomic E-state index is 12.8. The number of furan rings is 1. The molecule has 156 valence electrons. The zero-order chi connectivity index (χ0) is 21.1. The standard InChI is InChI=1S/C21H24N6O3/c1-3-9-26-19-17(20(28)27(10-4-2)21(26)29)24-18(25-19)14-7-8-16(22-12-14)23-13-15-6-5-11-30-15/h5-8,11-12H,3-4,9-10,13H2,1-2H3,(H,22,23)(H,24,25). The predicted octanol–water partition coefficient (Wildman–Crippen LogP) is 2.97. The summed E-state index contributed by atoms with van der Waals surface area (Å²) in [5.74, 6) is 2.01. The number of aromatic nitrogens is 5. The molecule has 9 heteroatoms. The van der Waals surface area contributed by atoms with Crippen molar-refractivity contribution in [2.45, 2.75) is 46.3 Å². The van der Waals surface area contributed by atoms with E-state index < -0.39 is 0 Å². The summed E-state index contributed by atoms with van der Waals surface area (Å²) < 4.78 is 8.14. The van der Waals surface area contributed by atoms with Crippen LogP contribution in [0.3, 0.4) is 0 Å². The largest absolute Gasteiger partial charge is 0.467 e. The molecule has 4 heterocycles. The summed E-state index contributed by atoms with van der Waals surface area (Å²) in [5, 5.41) is 3.18. The van der Waals surface area contributed by atoms with Crippen LogP contribution in [-0.2, 0) is 19.6 Å². The maximum atomic E-state index is 12.8. The summed E-state index contributed by atoms with van der Waals surface area (Å²) in [5.41, 5.74) is 0.796. The summed E-state index contributed by atoms with van der Waals surface area (Å²) in [7, 11) is 0. The first-order valence-electron chi connectivity index (χ1n) is 10.1. The second-order valence-corrected chi connectivity index (χ2v) is 7.04. The number of hydrogen-bond acceptors (Lipinski definition) is 6. The second kappa shape index (κ2) is 8.40. The van der Waals surface area contributed by atoms with E-state index in [-0.39, 0.29) is 11.2 Å². The number of aromatic amines is 1. The first kappa shape index (κ1) is 19.7. The zero-order valence-electron chi connectivity index (χ0n) is 17.0. The van der Waals surface area contributed by atoms with Gasteiger partial charge in [0, 0.05) is 24.8 Å². The summed E-state index contributed by atoms with van der Waals surface area (Å²) >= 11 is 0. The number of fused-ring (bicyclic) bond motifs is 1. The highest BCUT2D eigenvalue weighted by Crippen LogP contribution is 2.19. The Morgan fingerprint density at radius 2 is 1.90 bits per heavy atom. The van der Waals surface area contributed by atoms with Gasteiger partial charge >= 0.3 is 5.69 Å². The van der Waals surface area contributed by atoms with Crippen molar-refractivity contribution in [2.24, 2.45) is 0 Å². The van der Waals surface area contributed by atoms with Gasteiger partial charge in [0.05, 0.1) is 12.8 Å². The van der Waals surface area contributed by atoms with E-state index in [1.165, 1.54) is 4.57 Å². The van der Waals surface area contributed by atoms with E-state index in [9.17, 15) is 9.59 Å². The molecule has 9 nitrogen and oxygen atoms in total. The minimum absolute atomic E-state index is 0.315. The molecule has 0 aromatic carbocycles. The van der Waals surface area contributed by atoms with Crippen molar-refractivity contribution in [2.75, 3.05) is 5.32 Å². The third-order valence-corrected chi connectivity index (χ3v) is 4.82. The number of nitrogens with zero attached hydrogens (tertiary/aromatic N) is 4. The van der Waals surface area contributed by atoms with Crippen molar-refractivity contribution in [3.8, 4) is 11.4 Å². The molecule has 0 amide bonds. The molecule has 4 aromatic rings. The van der Waals surface area contributed by atoms with Crippen molar-refractivity contribution < 1.29 is 4.42 Å². The molecular weight excluding hydrogens is 384 g/mol. The van der Waals surface area contributed by atoms with Crippen molar-refractivity contribution >= 4 is 17.0 Å². The van der Waals surface area contributed by atoms with Gasteiger partial charge < -0.3 is 14.7 Å². The first-order valence-corrected chi connectivity index (χ1v) is 10.1. The lowest BCUT2D eigenvalue weighted by Crippen LogP contribution is -2.40. The minimum Gasteiger partial charge on any atom is -0.467 e. The highest BCUT2D eigenvalue weighted by molar-refractivity contribution is 5.75. The van der Waals surface area contributed by atoms with Crippen LogP contribution in [0.5, 0.6) is 0 Å². The van der Waals surface area contributed by atoms with E-state index >= 15 is 0 Å². The van der Waals surface area contributed by atoms with E-state index in [1.807, 2.05) is 38.1 Å². The van der Waals surface area contributed by atoms with Crippen LogP contribution in [-0.4, -0.2) is 24.1 Å². The second-order valence-electron chi connectivity index (χ2n) is 7.04. The Balaban J connectivity index is 1.69. The van der Waals surface area contributed by atoms with Crippen molar-refractivity contribution in [1.29, 1.82) is 0 Å². The summed E-state index contributed by atoms with van der Waals surface area (Å²) in [6, 6.07) is 7.42. The highest BCUT2D eigenvalue weighted by Gasteiger charge is 2.17. The van der Waals surface area contributed by atoms with Crippen molar-refractivity contribution in [3.63, 3.8) is 0 Å². The number of pyridine rings is 1. The summed E-state index contributed by atoms with van der Waals surface area (Å²) in [6.07, 6.45) is 4.76. The van der Waals surface area contributed by atoms with Gasteiger partial charge in [0.1, 0.15) is 22.9 Å². The molecule has 0 spiro atoms. The maximum Gasteiger partial charge on any atom is 0.332 e. The van der Waals surface area contributed by atoms with E-state index in [1.54, 1.807) is 17.0 Å². The third-order valence-electron chi connectivity index (χ3n) is 4.82. The van der Waals surface area contributed by atoms with Crippen LogP contribution in [0.15, 0.2) is 50.7 Å². The average molecular weight is 408 g/mol. The van der Waals surface area contributed by atoms with E-state index in [2.05, 4.69) is 20.3 Å². The van der Waals surface area contributed by atoms with Crippen LogP contribution in [0.1, 0.15) is 32.4 Å². The van der Waals surface area contributed by atoms with Gasteiger partial charge in [-0.2, -0.15) is 0 Å². The number of nitrogens with one attached hydrogen (secondary N) is 2. The monoisotopic (exact) mass is 408 g/mol. The zero-order valence-corrected chi connectivity index (χ0v) is 17.0.